The summed E-state index contributed by atoms with van der Waals surface area (Å²) in [4.78, 5) is 52.5. The number of amides is 2. The number of rotatable bonds is 9. The van der Waals surface area contributed by atoms with Gasteiger partial charge >= 0.3 is 5.69 Å². The van der Waals surface area contributed by atoms with Gasteiger partial charge in [-0.25, -0.2) is 4.79 Å². The zero-order valence-electron chi connectivity index (χ0n) is 23.0. The number of allylic oxidation sites excluding steroid dienone is 1. The molecule has 0 spiro atoms. The fourth-order valence-corrected chi connectivity index (χ4v) is 6.63. The average Bonchev–Trinajstić information content (AvgIpc) is 3.47. The molecule has 5 rings (SSSR count). The van der Waals surface area contributed by atoms with E-state index in [-0.39, 0.29) is 35.8 Å². The molecule has 0 radical (unpaired) electrons. The van der Waals surface area contributed by atoms with E-state index in [1.807, 2.05) is 0 Å². The SMILES string of the molecule is O=C(Cn1c(=O)n(CC2CCC(C(=O)NC3CCCC3)CC2)c(=O)c2ccccc21)NCCC1=CCCCC1. The van der Waals surface area contributed by atoms with Gasteiger partial charge in [-0.1, -0.05) is 36.6 Å². The van der Waals surface area contributed by atoms with E-state index in [0.29, 0.717) is 30.0 Å². The van der Waals surface area contributed by atoms with Crippen LogP contribution in [0, 0.1) is 11.8 Å². The van der Waals surface area contributed by atoms with Gasteiger partial charge in [0.15, 0.2) is 0 Å². The van der Waals surface area contributed by atoms with E-state index in [2.05, 4.69) is 16.7 Å². The van der Waals surface area contributed by atoms with E-state index in [1.165, 1.54) is 40.4 Å². The molecule has 1 aromatic heterocycles. The predicted octanol–water partition coefficient (Wildman–Crippen LogP) is 4.04. The van der Waals surface area contributed by atoms with Crippen molar-refractivity contribution in [2.24, 2.45) is 11.8 Å². The summed E-state index contributed by atoms with van der Waals surface area (Å²) in [6, 6.07) is 7.35. The Balaban J connectivity index is 1.25. The molecule has 3 aliphatic carbocycles. The Morgan fingerprint density at radius 3 is 2.41 bits per heavy atom. The lowest BCUT2D eigenvalue weighted by Crippen LogP contribution is -2.44. The Kier molecular flexibility index (Phi) is 8.99. The van der Waals surface area contributed by atoms with Crippen molar-refractivity contribution in [1.29, 1.82) is 0 Å². The van der Waals surface area contributed by atoms with E-state index in [9.17, 15) is 19.2 Å². The van der Waals surface area contributed by atoms with Crippen molar-refractivity contribution in [3.63, 3.8) is 0 Å². The number of carbonyl (C=O) groups excluding carboxylic acids is 2. The van der Waals surface area contributed by atoms with Crippen molar-refractivity contribution in [2.75, 3.05) is 6.54 Å². The first-order valence-corrected chi connectivity index (χ1v) is 15.0. The van der Waals surface area contributed by atoms with E-state index < -0.39 is 5.69 Å². The first kappa shape index (κ1) is 27.4. The summed E-state index contributed by atoms with van der Waals surface area (Å²) >= 11 is 0. The highest BCUT2D eigenvalue weighted by molar-refractivity contribution is 5.81. The molecule has 2 fully saturated rings. The Labute approximate surface area is 229 Å². The van der Waals surface area contributed by atoms with Crippen LogP contribution in [0.4, 0.5) is 0 Å². The molecule has 3 aliphatic rings. The number of aromatic nitrogens is 2. The van der Waals surface area contributed by atoms with Crippen molar-refractivity contribution < 1.29 is 9.59 Å². The van der Waals surface area contributed by atoms with Crippen molar-refractivity contribution in [3.8, 4) is 0 Å². The molecule has 0 unspecified atom stereocenters. The zero-order valence-corrected chi connectivity index (χ0v) is 23.0. The normalized spacial score (nSPS) is 22.0. The molecule has 2 N–H and O–H groups in total. The molecule has 210 valence electrons. The van der Waals surface area contributed by atoms with Gasteiger partial charge in [-0.2, -0.15) is 0 Å². The maximum Gasteiger partial charge on any atom is 0.331 e. The lowest BCUT2D eigenvalue weighted by atomic mass is 9.81. The van der Waals surface area contributed by atoms with Crippen LogP contribution in [0.5, 0.6) is 0 Å². The van der Waals surface area contributed by atoms with Gasteiger partial charge < -0.3 is 10.6 Å². The van der Waals surface area contributed by atoms with E-state index >= 15 is 0 Å². The van der Waals surface area contributed by atoms with Crippen molar-refractivity contribution in [1.82, 2.24) is 19.8 Å². The Hall–Kier alpha value is -3.16. The molecule has 0 bridgehead atoms. The third kappa shape index (κ3) is 6.71. The van der Waals surface area contributed by atoms with Gasteiger partial charge in [-0.15, -0.1) is 0 Å². The number of hydrogen-bond donors (Lipinski definition) is 2. The number of nitrogens with zero attached hydrogens (tertiary/aromatic N) is 2. The van der Waals surface area contributed by atoms with E-state index in [0.717, 1.165) is 57.8 Å². The second-order valence-electron chi connectivity index (χ2n) is 11.7. The maximum absolute atomic E-state index is 13.6. The molecule has 8 nitrogen and oxygen atoms in total. The standard InChI is InChI=1S/C31H42N4O4/c36-28(32-19-18-22-8-2-1-3-9-22)21-34-27-13-7-6-12-26(27)30(38)35(31(34)39)20-23-14-16-24(17-15-23)29(37)33-25-10-4-5-11-25/h6-8,12-13,23-25H,1-5,9-11,14-21H2,(H,32,36)(H,33,37). The Morgan fingerprint density at radius 1 is 0.897 bits per heavy atom. The minimum atomic E-state index is -0.440. The molecule has 8 heteroatoms. The highest BCUT2D eigenvalue weighted by atomic mass is 16.2. The van der Waals surface area contributed by atoms with Gasteiger partial charge in [-0.05, 0) is 88.7 Å². The van der Waals surface area contributed by atoms with Crippen molar-refractivity contribution in [2.45, 2.75) is 103 Å². The van der Waals surface area contributed by atoms with Gasteiger partial charge in [0.25, 0.3) is 5.56 Å². The molecule has 2 amide bonds. The lowest BCUT2D eigenvalue weighted by molar-refractivity contribution is -0.127. The van der Waals surface area contributed by atoms with Crippen LogP contribution < -0.4 is 21.9 Å². The van der Waals surface area contributed by atoms with Crippen LogP contribution in [0.2, 0.25) is 0 Å². The monoisotopic (exact) mass is 534 g/mol. The topological polar surface area (TPSA) is 102 Å². The van der Waals surface area contributed by atoms with Gasteiger partial charge in [0.1, 0.15) is 6.54 Å². The van der Waals surface area contributed by atoms with Crippen molar-refractivity contribution >= 4 is 22.7 Å². The summed E-state index contributed by atoms with van der Waals surface area (Å²) in [6.45, 7) is 0.747. The van der Waals surface area contributed by atoms with Crippen molar-refractivity contribution in [3.05, 3.63) is 56.8 Å². The van der Waals surface area contributed by atoms with Crippen LogP contribution in [-0.2, 0) is 22.7 Å². The van der Waals surface area contributed by atoms with E-state index in [1.54, 1.807) is 24.3 Å². The molecule has 0 atom stereocenters. The van der Waals surface area contributed by atoms with Crippen LogP contribution in [0.3, 0.4) is 0 Å². The molecular formula is C31H42N4O4. The third-order valence-corrected chi connectivity index (χ3v) is 8.95. The van der Waals surface area contributed by atoms with Crippen LogP contribution in [-0.4, -0.2) is 33.5 Å². The van der Waals surface area contributed by atoms with Crippen LogP contribution in [0.15, 0.2) is 45.5 Å². The summed E-state index contributed by atoms with van der Waals surface area (Å²) in [7, 11) is 0. The summed E-state index contributed by atoms with van der Waals surface area (Å²) < 4.78 is 2.75. The average molecular weight is 535 g/mol. The molecule has 0 aliphatic heterocycles. The highest BCUT2D eigenvalue weighted by Crippen LogP contribution is 2.30. The second kappa shape index (κ2) is 12.8. The molecule has 2 aromatic rings. The number of para-hydroxylation sites is 1. The largest absolute Gasteiger partial charge is 0.354 e. The molecular weight excluding hydrogens is 492 g/mol. The maximum atomic E-state index is 13.6. The smallest absolute Gasteiger partial charge is 0.331 e. The van der Waals surface area contributed by atoms with E-state index in [4.69, 9.17) is 0 Å². The fraction of sp³-hybridized carbons (Fsp3) is 0.613. The highest BCUT2D eigenvalue weighted by Gasteiger charge is 2.29. The number of nitrogens with one attached hydrogen (secondary N) is 2. The Morgan fingerprint density at radius 2 is 1.67 bits per heavy atom. The van der Waals surface area contributed by atoms with Gasteiger partial charge in [-0.3, -0.25) is 23.5 Å². The molecule has 1 heterocycles. The number of hydrogen-bond acceptors (Lipinski definition) is 4. The van der Waals surface area contributed by atoms with Crippen LogP contribution in [0.25, 0.3) is 10.9 Å². The zero-order chi connectivity index (χ0) is 27.2. The van der Waals surface area contributed by atoms with Gasteiger partial charge in [0, 0.05) is 25.0 Å². The van der Waals surface area contributed by atoms with Gasteiger partial charge in [0.2, 0.25) is 11.8 Å². The predicted molar refractivity (Wildman–Crippen MR) is 152 cm³/mol. The summed E-state index contributed by atoms with van der Waals surface area (Å²) in [5, 5.41) is 6.63. The molecule has 2 saturated carbocycles. The summed E-state index contributed by atoms with van der Waals surface area (Å²) in [5.41, 5.74) is 1.13. The van der Waals surface area contributed by atoms with Gasteiger partial charge in [0.05, 0.1) is 10.9 Å². The first-order valence-electron chi connectivity index (χ1n) is 15.0. The molecule has 1 aromatic carbocycles. The fourth-order valence-electron chi connectivity index (χ4n) is 6.63. The number of carbonyl (C=O) groups is 2. The number of benzene rings is 1. The molecule has 0 saturated heterocycles. The van der Waals surface area contributed by atoms with Crippen LogP contribution in [0.1, 0.15) is 83.5 Å². The van der Waals surface area contributed by atoms with Crippen LogP contribution >= 0.6 is 0 Å². The third-order valence-electron chi connectivity index (χ3n) is 8.95. The minimum absolute atomic E-state index is 0.0138. The first-order chi connectivity index (χ1) is 19.0. The lowest BCUT2D eigenvalue weighted by Gasteiger charge is -2.29. The quantitative estimate of drug-likeness (QED) is 0.474. The Bertz CT molecular complexity index is 1330. The number of fused-ring (bicyclic) bond motifs is 1. The second-order valence-corrected chi connectivity index (χ2v) is 11.7. The minimum Gasteiger partial charge on any atom is -0.354 e. The summed E-state index contributed by atoms with van der Waals surface area (Å²) in [5.74, 6) is 0.104. The molecule has 39 heavy (non-hydrogen) atoms. The summed E-state index contributed by atoms with van der Waals surface area (Å²) in [6.07, 6.45) is 15.5.